The van der Waals surface area contributed by atoms with Crippen molar-refractivity contribution in [1.82, 2.24) is 0 Å². The van der Waals surface area contributed by atoms with Crippen LogP contribution in [-0.4, -0.2) is 17.5 Å². The molecule has 1 N–H and O–H groups in total. The van der Waals surface area contributed by atoms with E-state index in [1.165, 1.54) is 31.3 Å². The van der Waals surface area contributed by atoms with Gasteiger partial charge in [0.2, 0.25) is 0 Å². The van der Waals surface area contributed by atoms with Crippen molar-refractivity contribution in [2.75, 3.05) is 6.61 Å². The van der Waals surface area contributed by atoms with Crippen molar-refractivity contribution in [3.05, 3.63) is 23.8 Å². The highest BCUT2D eigenvalue weighted by molar-refractivity contribution is 5.91. The largest absolute Gasteiger partial charge is 0.396 e. The number of carbonyl (C=O) groups excluding carboxylic acids is 1. The highest BCUT2D eigenvalue weighted by atomic mass is 16.3. The Morgan fingerprint density at radius 2 is 2.14 bits per heavy atom. The van der Waals surface area contributed by atoms with Crippen LogP contribution in [0.15, 0.2) is 23.8 Å². The standard InChI is InChI=1S/C20H28O2/c1-20-10-8-17-16-6-4-15(22)12-13(16)2-5-18(17)19(20)7-3-14(20)9-11-21/h2,5,12,14,16-19,21H,3-4,6-11H2,1H3. The zero-order valence-electron chi connectivity index (χ0n) is 13.6. The third kappa shape index (κ3) is 2.06. The van der Waals surface area contributed by atoms with Gasteiger partial charge in [-0.15, -0.1) is 0 Å². The molecule has 0 bridgehead atoms. The topological polar surface area (TPSA) is 37.3 Å². The Balaban J connectivity index is 1.63. The normalized spacial score (nSPS) is 46.7. The Bertz CT molecular complexity index is 532. The smallest absolute Gasteiger partial charge is 0.155 e. The summed E-state index contributed by atoms with van der Waals surface area (Å²) < 4.78 is 0. The van der Waals surface area contributed by atoms with Crippen molar-refractivity contribution in [1.29, 1.82) is 0 Å². The molecule has 2 nitrogen and oxygen atoms in total. The zero-order valence-corrected chi connectivity index (χ0v) is 13.6. The summed E-state index contributed by atoms with van der Waals surface area (Å²) in [6.07, 6.45) is 14.7. The summed E-state index contributed by atoms with van der Waals surface area (Å²) in [6, 6.07) is 0. The van der Waals surface area contributed by atoms with E-state index in [9.17, 15) is 9.90 Å². The van der Waals surface area contributed by atoms with Gasteiger partial charge in [-0.3, -0.25) is 4.79 Å². The average molecular weight is 300 g/mol. The Labute approximate surface area is 133 Å². The molecule has 0 saturated heterocycles. The van der Waals surface area contributed by atoms with Crippen molar-refractivity contribution >= 4 is 5.78 Å². The Hall–Kier alpha value is -0.890. The van der Waals surface area contributed by atoms with E-state index in [1.807, 2.05) is 6.08 Å². The van der Waals surface area contributed by atoms with Crippen LogP contribution in [0.2, 0.25) is 0 Å². The Morgan fingerprint density at radius 3 is 2.95 bits per heavy atom. The van der Waals surface area contributed by atoms with E-state index in [-0.39, 0.29) is 0 Å². The number of hydrogen-bond donors (Lipinski definition) is 1. The van der Waals surface area contributed by atoms with Gasteiger partial charge >= 0.3 is 0 Å². The first-order valence-corrected chi connectivity index (χ1v) is 9.17. The third-order valence-corrected chi connectivity index (χ3v) is 7.54. The van der Waals surface area contributed by atoms with Gasteiger partial charge in [0.15, 0.2) is 5.78 Å². The van der Waals surface area contributed by atoms with E-state index in [0.717, 1.165) is 31.1 Å². The van der Waals surface area contributed by atoms with Crippen LogP contribution in [0, 0.1) is 35.0 Å². The molecule has 2 fully saturated rings. The molecule has 4 rings (SSSR count). The lowest BCUT2D eigenvalue weighted by Crippen LogP contribution is -2.45. The summed E-state index contributed by atoms with van der Waals surface area (Å²) in [4.78, 5) is 11.7. The first-order valence-electron chi connectivity index (χ1n) is 9.17. The van der Waals surface area contributed by atoms with Crippen LogP contribution in [0.3, 0.4) is 0 Å². The van der Waals surface area contributed by atoms with Crippen molar-refractivity contribution < 1.29 is 9.90 Å². The van der Waals surface area contributed by atoms with Crippen molar-refractivity contribution in [3.8, 4) is 0 Å². The van der Waals surface area contributed by atoms with Gasteiger partial charge in [0, 0.05) is 13.0 Å². The maximum atomic E-state index is 11.7. The van der Waals surface area contributed by atoms with Gasteiger partial charge in [-0.25, -0.2) is 0 Å². The fraction of sp³-hybridized carbons (Fsp3) is 0.750. The van der Waals surface area contributed by atoms with Gasteiger partial charge in [0.25, 0.3) is 0 Å². The third-order valence-electron chi connectivity index (χ3n) is 7.54. The molecule has 22 heavy (non-hydrogen) atoms. The van der Waals surface area contributed by atoms with E-state index in [4.69, 9.17) is 0 Å². The highest BCUT2D eigenvalue weighted by Gasteiger charge is 2.54. The van der Waals surface area contributed by atoms with E-state index in [2.05, 4.69) is 19.1 Å². The second kappa shape index (κ2) is 5.33. The molecular weight excluding hydrogens is 272 g/mol. The average Bonchev–Trinajstić information content (AvgIpc) is 2.84. The van der Waals surface area contributed by atoms with E-state index < -0.39 is 0 Å². The van der Waals surface area contributed by atoms with E-state index >= 15 is 0 Å². The van der Waals surface area contributed by atoms with E-state index in [0.29, 0.717) is 35.6 Å². The summed E-state index contributed by atoms with van der Waals surface area (Å²) in [5.41, 5.74) is 1.74. The summed E-state index contributed by atoms with van der Waals surface area (Å²) in [6.45, 7) is 2.83. The molecule has 6 unspecified atom stereocenters. The number of aliphatic hydroxyl groups is 1. The summed E-state index contributed by atoms with van der Waals surface area (Å²) in [7, 11) is 0. The van der Waals surface area contributed by atoms with Crippen LogP contribution >= 0.6 is 0 Å². The van der Waals surface area contributed by atoms with Gasteiger partial charge < -0.3 is 5.11 Å². The molecule has 6 atom stereocenters. The predicted molar refractivity (Wildman–Crippen MR) is 87.2 cm³/mol. The molecule has 120 valence electrons. The number of aliphatic hydroxyl groups excluding tert-OH is 1. The molecule has 0 radical (unpaired) electrons. The van der Waals surface area contributed by atoms with Gasteiger partial charge in [-0.1, -0.05) is 19.1 Å². The zero-order chi connectivity index (χ0) is 15.3. The summed E-state index contributed by atoms with van der Waals surface area (Å²) in [5.74, 6) is 3.92. The highest BCUT2D eigenvalue weighted by Crippen LogP contribution is 2.62. The first-order chi connectivity index (χ1) is 10.6. The summed E-state index contributed by atoms with van der Waals surface area (Å²) in [5, 5.41) is 9.39. The molecule has 0 heterocycles. The molecule has 2 heteroatoms. The molecule has 0 aromatic heterocycles. The van der Waals surface area contributed by atoms with Crippen LogP contribution < -0.4 is 0 Å². The van der Waals surface area contributed by atoms with Gasteiger partial charge in [-0.2, -0.15) is 0 Å². The SMILES string of the molecule is CC12CCC3C4CCC(=O)C=C4C=CC3C1CCC2CCO. The van der Waals surface area contributed by atoms with Crippen molar-refractivity contribution in [3.63, 3.8) is 0 Å². The van der Waals surface area contributed by atoms with Crippen LogP contribution in [0.4, 0.5) is 0 Å². The second-order valence-corrected chi connectivity index (χ2v) is 8.29. The minimum absolute atomic E-state index is 0.318. The van der Waals surface area contributed by atoms with Gasteiger partial charge in [-0.05, 0) is 85.2 Å². The minimum Gasteiger partial charge on any atom is -0.396 e. The lowest BCUT2D eigenvalue weighted by Gasteiger charge is -2.52. The lowest BCUT2D eigenvalue weighted by atomic mass is 9.53. The van der Waals surface area contributed by atoms with Gasteiger partial charge in [0.05, 0.1) is 0 Å². The number of rotatable bonds is 2. The summed E-state index contributed by atoms with van der Waals surface area (Å²) >= 11 is 0. The predicted octanol–water partition coefficient (Wildman–Crippen LogP) is 3.90. The molecule has 0 aliphatic heterocycles. The number of allylic oxidation sites excluding steroid dienone is 4. The Morgan fingerprint density at radius 1 is 1.27 bits per heavy atom. The molecule has 4 aliphatic carbocycles. The van der Waals surface area contributed by atoms with Crippen molar-refractivity contribution in [2.24, 2.45) is 35.0 Å². The maximum Gasteiger partial charge on any atom is 0.155 e. The Kier molecular flexibility index (Phi) is 3.56. The van der Waals surface area contributed by atoms with Crippen LogP contribution in [-0.2, 0) is 4.79 Å². The second-order valence-electron chi connectivity index (χ2n) is 8.29. The van der Waals surface area contributed by atoms with E-state index in [1.54, 1.807) is 0 Å². The lowest BCUT2D eigenvalue weighted by molar-refractivity contribution is -0.115. The number of carbonyl (C=O) groups is 1. The first kappa shape index (κ1) is 14.7. The fourth-order valence-corrected chi connectivity index (χ4v) is 6.39. The molecule has 0 aromatic carbocycles. The molecule has 4 aliphatic rings. The van der Waals surface area contributed by atoms with Gasteiger partial charge in [0.1, 0.15) is 0 Å². The monoisotopic (exact) mass is 300 g/mol. The van der Waals surface area contributed by atoms with Crippen molar-refractivity contribution in [2.45, 2.75) is 51.9 Å². The minimum atomic E-state index is 0.318. The number of fused-ring (bicyclic) bond motifs is 5. The van der Waals surface area contributed by atoms with Crippen LogP contribution in [0.25, 0.3) is 0 Å². The molecule has 0 amide bonds. The number of ketones is 1. The number of hydrogen-bond acceptors (Lipinski definition) is 2. The van der Waals surface area contributed by atoms with Crippen LogP contribution in [0.1, 0.15) is 51.9 Å². The maximum absolute atomic E-state index is 11.7. The molecule has 2 saturated carbocycles. The molecule has 0 aromatic rings. The quantitative estimate of drug-likeness (QED) is 0.839. The fourth-order valence-electron chi connectivity index (χ4n) is 6.39. The molecule has 0 spiro atoms. The van der Waals surface area contributed by atoms with Crippen LogP contribution in [0.5, 0.6) is 0 Å². The molecular formula is C20H28O2.